The Labute approximate surface area is 159 Å². The SMILES string of the molecule is O=C(N[C@H]1CCNC1)c1cccc2ccc(-c3cccc(C(F)(F)F)c3)nc12. The highest BCUT2D eigenvalue weighted by molar-refractivity contribution is 6.06. The van der Waals surface area contributed by atoms with Crippen molar-refractivity contribution in [1.82, 2.24) is 15.6 Å². The highest BCUT2D eigenvalue weighted by Crippen LogP contribution is 2.32. The van der Waals surface area contributed by atoms with Crippen LogP contribution in [-0.2, 0) is 6.18 Å². The Morgan fingerprint density at radius 2 is 1.93 bits per heavy atom. The zero-order valence-electron chi connectivity index (χ0n) is 14.9. The fraction of sp³-hybridized carbons (Fsp3) is 0.238. The maximum absolute atomic E-state index is 13.0. The molecule has 1 aliphatic heterocycles. The lowest BCUT2D eigenvalue weighted by atomic mass is 10.0. The molecule has 0 saturated carbocycles. The number of carbonyl (C=O) groups is 1. The number of para-hydroxylation sites is 1. The van der Waals surface area contributed by atoms with Crippen molar-refractivity contribution in [3.63, 3.8) is 0 Å². The van der Waals surface area contributed by atoms with Gasteiger partial charge in [-0.3, -0.25) is 4.79 Å². The predicted octanol–water partition coefficient (Wildman–Crippen LogP) is 4.01. The van der Waals surface area contributed by atoms with Crippen LogP contribution in [0.25, 0.3) is 22.2 Å². The van der Waals surface area contributed by atoms with E-state index in [9.17, 15) is 18.0 Å². The molecular weight excluding hydrogens is 367 g/mol. The number of carbonyl (C=O) groups excluding carboxylic acids is 1. The highest BCUT2D eigenvalue weighted by atomic mass is 19.4. The van der Waals surface area contributed by atoms with Crippen molar-refractivity contribution in [1.29, 1.82) is 0 Å². The van der Waals surface area contributed by atoms with E-state index < -0.39 is 11.7 Å². The minimum Gasteiger partial charge on any atom is -0.348 e. The quantitative estimate of drug-likeness (QED) is 0.716. The van der Waals surface area contributed by atoms with E-state index in [0.717, 1.165) is 37.0 Å². The van der Waals surface area contributed by atoms with E-state index in [1.807, 2.05) is 6.07 Å². The Hall–Kier alpha value is -2.93. The summed E-state index contributed by atoms with van der Waals surface area (Å²) in [6.07, 6.45) is -3.56. The summed E-state index contributed by atoms with van der Waals surface area (Å²) in [5.41, 5.74) is 0.902. The van der Waals surface area contributed by atoms with Gasteiger partial charge < -0.3 is 10.6 Å². The molecule has 2 heterocycles. The average Bonchev–Trinajstić information content (AvgIpc) is 3.19. The van der Waals surface area contributed by atoms with Crippen LogP contribution in [0.5, 0.6) is 0 Å². The number of fused-ring (bicyclic) bond motifs is 1. The van der Waals surface area contributed by atoms with Crippen LogP contribution in [-0.4, -0.2) is 30.0 Å². The summed E-state index contributed by atoms with van der Waals surface area (Å²) in [6, 6.07) is 13.8. The molecule has 0 aliphatic carbocycles. The van der Waals surface area contributed by atoms with Crippen molar-refractivity contribution >= 4 is 16.8 Å². The number of alkyl halides is 3. The third kappa shape index (κ3) is 3.71. The van der Waals surface area contributed by atoms with Crippen LogP contribution in [0.4, 0.5) is 13.2 Å². The molecule has 4 nitrogen and oxygen atoms in total. The van der Waals surface area contributed by atoms with Crippen LogP contribution in [0, 0.1) is 0 Å². The molecular formula is C21H18F3N3O. The van der Waals surface area contributed by atoms with Crippen LogP contribution >= 0.6 is 0 Å². The molecule has 1 fully saturated rings. The third-order valence-electron chi connectivity index (χ3n) is 4.85. The van der Waals surface area contributed by atoms with Crippen molar-refractivity contribution in [3.8, 4) is 11.3 Å². The second kappa shape index (κ2) is 7.24. The van der Waals surface area contributed by atoms with Gasteiger partial charge in [-0.05, 0) is 37.2 Å². The highest BCUT2D eigenvalue weighted by Gasteiger charge is 2.30. The Kier molecular flexibility index (Phi) is 4.77. The van der Waals surface area contributed by atoms with E-state index >= 15 is 0 Å². The van der Waals surface area contributed by atoms with Gasteiger partial charge in [-0.1, -0.05) is 30.3 Å². The molecule has 2 N–H and O–H groups in total. The normalized spacial score (nSPS) is 17.0. The molecule has 1 aliphatic rings. The number of hydrogen-bond acceptors (Lipinski definition) is 3. The number of rotatable bonds is 3. The largest absolute Gasteiger partial charge is 0.416 e. The summed E-state index contributed by atoms with van der Waals surface area (Å²) in [5.74, 6) is -0.229. The van der Waals surface area contributed by atoms with Crippen LogP contribution in [0.1, 0.15) is 22.3 Å². The number of amides is 1. The molecule has 3 aromatic rings. The van der Waals surface area contributed by atoms with Gasteiger partial charge in [0.05, 0.1) is 22.3 Å². The first-order chi connectivity index (χ1) is 13.4. The van der Waals surface area contributed by atoms with E-state index in [2.05, 4.69) is 15.6 Å². The first-order valence-electron chi connectivity index (χ1n) is 9.01. The van der Waals surface area contributed by atoms with Crippen molar-refractivity contribution in [3.05, 3.63) is 65.7 Å². The number of aromatic nitrogens is 1. The number of pyridine rings is 1. The van der Waals surface area contributed by atoms with Gasteiger partial charge in [0.1, 0.15) is 0 Å². The third-order valence-corrected chi connectivity index (χ3v) is 4.85. The molecule has 0 unspecified atom stereocenters. The van der Waals surface area contributed by atoms with Gasteiger partial charge in [0.15, 0.2) is 0 Å². The Bertz CT molecular complexity index is 1030. The predicted molar refractivity (Wildman–Crippen MR) is 101 cm³/mol. The Morgan fingerprint density at radius 1 is 1.11 bits per heavy atom. The van der Waals surface area contributed by atoms with E-state index in [4.69, 9.17) is 0 Å². The van der Waals surface area contributed by atoms with Gasteiger partial charge in [-0.15, -0.1) is 0 Å². The summed E-state index contributed by atoms with van der Waals surface area (Å²) in [5, 5.41) is 6.93. The van der Waals surface area contributed by atoms with Gasteiger partial charge >= 0.3 is 6.18 Å². The van der Waals surface area contributed by atoms with Crippen LogP contribution < -0.4 is 10.6 Å². The van der Waals surface area contributed by atoms with Crippen LogP contribution in [0.2, 0.25) is 0 Å². The Morgan fingerprint density at radius 3 is 2.68 bits per heavy atom. The molecule has 1 atom stereocenters. The standard InChI is InChI=1S/C21H18F3N3O/c22-21(23,24)15-5-1-4-14(11-15)18-8-7-13-3-2-6-17(19(13)27-18)20(28)26-16-9-10-25-12-16/h1-8,11,16,25H,9-10,12H2,(H,26,28)/t16-/m0/s1. The molecule has 2 aromatic carbocycles. The number of halogens is 3. The molecule has 28 heavy (non-hydrogen) atoms. The van der Waals surface area contributed by atoms with Gasteiger partial charge in [-0.2, -0.15) is 13.2 Å². The zero-order valence-corrected chi connectivity index (χ0v) is 14.9. The fourth-order valence-corrected chi connectivity index (χ4v) is 3.39. The van der Waals surface area contributed by atoms with E-state index in [1.54, 1.807) is 30.3 Å². The van der Waals surface area contributed by atoms with Crippen molar-refractivity contribution in [2.45, 2.75) is 18.6 Å². The minimum absolute atomic E-state index is 0.0643. The number of nitrogens with one attached hydrogen (secondary N) is 2. The summed E-state index contributed by atoms with van der Waals surface area (Å²) in [7, 11) is 0. The second-order valence-corrected chi connectivity index (χ2v) is 6.82. The lowest BCUT2D eigenvalue weighted by molar-refractivity contribution is -0.137. The van der Waals surface area contributed by atoms with Gasteiger partial charge in [0, 0.05) is 23.5 Å². The van der Waals surface area contributed by atoms with Crippen molar-refractivity contribution in [2.75, 3.05) is 13.1 Å². The van der Waals surface area contributed by atoms with Crippen molar-refractivity contribution < 1.29 is 18.0 Å². The number of nitrogens with zero attached hydrogens (tertiary/aromatic N) is 1. The molecule has 4 rings (SSSR count). The number of benzene rings is 2. The summed E-state index contributed by atoms with van der Waals surface area (Å²) in [4.78, 5) is 17.2. The zero-order chi connectivity index (χ0) is 19.7. The molecule has 0 spiro atoms. The molecule has 1 aromatic heterocycles. The topological polar surface area (TPSA) is 54.0 Å². The monoisotopic (exact) mass is 385 g/mol. The summed E-state index contributed by atoms with van der Waals surface area (Å²) >= 11 is 0. The van der Waals surface area contributed by atoms with Gasteiger partial charge in [0.2, 0.25) is 0 Å². The fourth-order valence-electron chi connectivity index (χ4n) is 3.39. The first kappa shape index (κ1) is 18.4. The molecule has 7 heteroatoms. The maximum atomic E-state index is 13.0. The molecule has 1 amide bonds. The second-order valence-electron chi connectivity index (χ2n) is 6.82. The summed E-state index contributed by atoms with van der Waals surface area (Å²) in [6.45, 7) is 1.58. The molecule has 0 bridgehead atoms. The van der Waals surface area contributed by atoms with E-state index in [-0.39, 0.29) is 11.9 Å². The van der Waals surface area contributed by atoms with E-state index in [1.165, 1.54) is 6.07 Å². The number of hydrogen-bond donors (Lipinski definition) is 2. The van der Waals surface area contributed by atoms with Gasteiger partial charge in [-0.25, -0.2) is 4.98 Å². The average molecular weight is 385 g/mol. The van der Waals surface area contributed by atoms with Gasteiger partial charge in [0.25, 0.3) is 5.91 Å². The summed E-state index contributed by atoms with van der Waals surface area (Å²) < 4.78 is 39.1. The molecule has 144 valence electrons. The molecule has 1 saturated heterocycles. The van der Waals surface area contributed by atoms with Crippen LogP contribution in [0.3, 0.4) is 0 Å². The van der Waals surface area contributed by atoms with E-state index in [0.29, 0.717) is 22.3 Å². The van der Waals surface area contributed by atoms with Crippen molar-refractivity contribution in [2.24, 2.45) is 0 Å². The maximum Gasteiger partial charge on any atom is 0.416 e. The Balaban J connectivity index is 1.73. The molecule has 0 radical (unpaired) electrons. The minimum atomic E-state index is -4.42. The first-order valence-corrected chi connectivity index (χ1v) is 9.01. The lowest BCUT2D eigenvalue weighted by Crippen LogP contribution is -2.36. The van der Waals surface area contributed by atoms with Crippen LogP contribution in [0.15, 0.2) is 54.6 Å². The lowest BCUT2D eigenvalue weighted by Gasteiger charge is -2.13. The smallest absolute Gasteiger partial charge is 0.348 e.